The van der Waals surface area contributed by atoms with E-state index in [-0.39, 0.29) is 0 Å². The van der Waals surface area contributed by atoms with Crippen molar-refractivity contribution in [3.05, 3.63) is 47.0 Å². The molecule has 94 valence electrons. The Kier molecular flexibility index (Phi) is 5.93. The molecule has 1 N–H and O–H groups in total. The summed E-state index contributed by atoms with van der Waals surface area (Å²) in [6.07, 6.45) is 5.33. The van der Waals surface area contributed by atoms with E-state index < -0.39 is 5.60 Å². The zero-order chi connectivity index (χ0) is 12.7. The standard InChI is InChI=1S/C15H21BrO/c1-3-4-5-9-12-15(17,13(2)16)14-10-7-6-8-11-14/h6-8,10-11,17H,2-5,9,12H2,1H3. The van der Waals surface area contributed by atoms with Gasteiger partial charge >= 0.3 is 0 Å². The highest BCUT2D eigenvalue weighted by molar-refractivity contribution is 9.11. The minimum absolute atomic E-state index is 0.646. The molecule has 0 heterocycles. The summed E-state index contributed by atoms with van der Waals surface area (Å²) in [6.45, 7) is 6.06. The van der Waals surface area contributed by atoms with Crippen LogP contribution in [-0.4, -0.2) is 5.11 Å². The van der Waals surface area contributed by atoms with Crippen LogP contribution in [0.4, 0.5) is 0 Å². The van der Waals surface area contributed by atoms with Gasteiger partial charge in [-0.05, 0) is 18.4 Å². The normalized spacial score (nSPS) is 14.3. The van der Waals surface area contributed by atoms with Gasteiger partial charge in [0.15, 0.2) is 0 Å². The van der Waals surface area contributed by atoms with Crippen LogP contribution in [-0.2, 0) is 5.60 Å². The molecule has 0 aliphatic heterocycles. The lowest BCUT2D eigenvalue weighted by atomic mass is 9.88. The van der Waals surface area contributed by atoms with Crippen LogP contribution in [0, 0.1) is 0 Å². The zero-order valence-electron chi connectivity index (χ0n) is 10.5. The molecule has 0 radical (unpaired) electrons. The van der Waals surface area contributed by atoms with Gasteiger partial charge in [-0.3, -0.25) is 0 Å². The first-order valence-electron chi connectivity index (χ1n) is 6.24. The number of hydrogen-bond donors (Lipinski definition) is 1. The van der Waals surface area contributed by atoms with Gasteiger partial charge < -0.3 is 5.11 Å². The second kappa shape index (κ2) is 6.97. The lowest BCUT2D eigenvalue weighted by Gasteiger charge is -2.28. The molecule has 1 unspecified atom stereocenters. The summed E-state index contributed by atoms with van der Waals surface area (Å²) in [4.78, 5) is 0. The van der Waals surface area contributed by atoms with Crippen LogP contribution < -0.4 is 0 Å². The summed E-state index contributed by atoms with van der Waals surface area (Å²) < 4.78 is 0.646. The van der Waals surface area contributed by atoms with E-state index in [0.29, 0.717) is 4.48 Å². The third kappa shape index (κ3) is 3.97. The molecule has 1 nitrogen and oxygen atoms in total. The summed E-state index contributed by atoms with van der Waals surface area (Å²) in [5.74, 6) is 0. The van der Waals surface area contributed by atoms with Crippen molar-refractivity contribution in [2.75, 3.05) is 0 Å². The van der Waals surface area contributed by atoms with Crippen LogP contribution in [0.15, 0.2) is 41.4 Å². The number of rotatable bonds is 7. The van der Waals surface area contributed by atoms with E-state index in [9.17, 15) is 5.11 Å². The highest BCUT2D eigenvalue weighted by Gasteiger charge is 2.30. The summed E-state index contributed by atoms with van der Waals surface area (Å²) in [6, 6.07) is 9.75. The van der Waals surface area contributed by atoms with Gasteiger partial charge in [-0.25, -0.2) is 0 Å². The first kappa shape index (κ1) is 14.5. The van der Waals surface area contributed by atoms with Crippen molar-refractivity contribution in [2.24, 2.45) is 0 Å². The topological polar surface area (TPSA) is 20.2 Å². The summed E-state index contributed by atoms with van der Waals surface area (Å²) in [5, 5.41) is 10.7. The third-order valence-electron chi connectivity index (χ3n) is 3.09. The van der Waals surface area contributed by atoms with Crippen molar-refractivity contribution in [1.82, 2.24) is 0 Å². The fourth-order valence-corrected chi connectivity index (χ4v) is 2.39. The predicted octanol–water partition coefficient (Wildman–Crippen LogP) is 4.75. The van der Waals surface area contributed by atoms with E-state index in [0.717, 1.165) is 24.8 Å². The van der Waals surface area contributed by atoms with Crippen LogP contribution in [0.5, 0.6) is 0 Å². The maximum atomic E-state index is 10.7. The van der Waals surface area contributed by atoms with Gasteiger partial charge in [-0.2, -0.15) is 0 Å². The Morgan fingerprint density at radius 3 is 2.41 bits per heavy atom. The summed E-state index contributed by atoms with van der Waals surface area (Å²) in [7, 11) is 0. The fourth-order valence-electron chi connectivity index (χ4n) is 1.96. The minimum atomic E-state index is -0.936. The lowest BCUT2D eigenvalue weighted by molar-refractivity contribution is 0.0736. The van der Waals surface area contributed by atoms with Crippen molar-refractivity contribution in [2.45, 2.75) is 44.6 Å². The predicted molar refractivity (Wildman–Crippen MR) is 77.2 cm³/mol. The Labute approximate surface area is 113 Å². The minimum Gasteiger partial charge on any atom is -0.380 e. The Morgan fingerprint density at radius 2 is 1.88 bits per heavy atom. The first-order chi connectivity index (χ1) is 8.11. The van der Waals surface area contributed by atoms with E-state index in [2.05, 4.69) is 29.4 Å². The maximum Gasteiger partial charge on any atom is 0.120 e. The van der Waals surface area contributed by atoms with Crippen molar-refractivity contribution < 1.29 is 5.11 Å². The molecule has 0 aromatic heterocycles. The lowest BCUT2D eigenvalue weighted by Crippen LogP contribution is -2.25. The van der Waals surface area contributed by atoms with Gasteiger partial charge in [0.25, 0.3) is 0 Å². The quantitative estimate of drug-likeness (QED) is 0.720. The SMILES string of the molecule is C=C(Br)C(O)(CCCCCC)c1ccccc1. The molecule has 0 aliphatic rings. The summed E-state index contributed by atoms with van der Waals surface area (Å²) in [5.41, 5.74) is -0.0204. The molecule has 2 heteroatoms. The Hall–Kier alpha value is -0.600. The molecule has 0 saturated carbocycles. The molecule has 1 aromatic rings. The van der Waals surface area contributed by atoms with Gasteiger partial charge in [-0.1, -0.05) is 79.0 Å². The second-order valence-electron chi connectivity index (χ2n) is 4.44. The fraction of sp³-hybridized carbons (Fsp3) is 0.467. The van der Waals surface area contributed by atoms with E-state index >= 15 is 0 Å². The average molecular weight is 297 g/mol. The molecular formula is C15H21BrO. The van der Waals surface area contributed by atoms with Gasteiger partial charge in [0.2, 0.25) is 0 Å². The van der Waals surface area contributed by atoms with Crippen molar-refractivity contribution in [3.8, 4) is 0 Å². The molecular weight excluding hydrogens is 276 g/mol. The van der Waals surface area contributed by atoms with Gasteiger partial charge in [-0.15, -0.1) is 0 Å². The highest BCUT2D eigenvalue weighted by atomic mass is 79.9. The average Bonchev–Trinajstić information content (AvgIpc) is 2.35. The molecule has 0 saturated heterocycles. The first-order valence-corrected chi connectivity index (χ1v) is 7.03. The van der Waals surface area contributed by atoms with Crippen LogP contribution in [0.25, 0.3) is 0 Å². The van der Waals surface area contributed by atoms with E-state index in [1.165, 1.54) is 12.8 Å². The molecule has 0 spiro atoms. The van der Waals surface area contributed by atoms with Crippen molar-refractivity contribution >= 4 is 15.9 Å². The van der Waals surface area contributed by atoms with Crippen molar-refractivity contribution in [3.63, 3.8) is 0 Å². The maximum absolute atomic E-state index is 10.7. The molecule has 0 amide bonds. The molecule has 1 aromatic carbocycles. The van der Waals surface area contributed by atoms with E-state index in [1.54, 1.807) is 0 Å². The number of hydrogen-bond acceptors (Lipinski definition) is 1. The molecule has 0 fully saturated rings. The Balaban J connectivity index is 2.73. The number of benzene rings is 1. The molecule has 1 atom stereocenters. The van der Waals surface area contributed by atoms with Gasteiger partial charge in [0, 0.05) is 4.48 Å². The van der Waals surface area contributed by atoms with Crippen LogP contribution in [0.2, 0.25) is 0 Å². The smallest absolute Gasteiger partial charge is 0.120 e. The van der Waals surface area contributed by atoms with Crippen molar-refractivity contribution in [1.29, 1.82) is 0 Å². The summed E-state index contributed by atoms with van der Waals surface area (Å²) >= 11 is 3.36. The largest absolute Gasteiger partial charge is 0.380 e. The molecule has 0 bridgehead atoms. The zero-order valence-corrected chi connectivity index (χ0v) is 12.0. The molecule has 0 aliphatic carbocycles. The van der Waals surface area contributed by atoms with E-state index in [1.807, 2.05) is 30.3 Å². The monoisotopic (exact) mass is 296 g/mol. The Morgan fingerprint density at radius 1 is 1.24 bits per heavy atom. The highest BCUT2D eigenvalue weighted by Crippen LogP contribution is 2.36. The third-order valence-corrected chi connectivity index (χ3v) is 3.75. The number of halogens is 1. The van der Waals surface area contributed by atoms with Crippen LogP contribution in [0.1, 0.15) is 44.6 Å². The van der Waals surface area contributed by atoms with Gasteiger partial charge in [0.1, 0.15) is 5.60 Å². The van der Waals surface area contributed by atoms with Crippen LogP contribution >= 0.6 is 15.9 Å². The van der Waals surface area contributed by atoms with Gasteiger partial charge in [0.05, 0.1) is 0 Å². The molecule has 17 heavy (non-hydrogen) atoms. The number of unbranched alkanes of at least 4 members (excludes halogenated alkanes) is 3. The van der Waals surface area contributed by atoms with E-state index in [4.69, 9.17) is 0 Å². The number of aliphatic hydroxyl groups is 1. The Bertz CT molecular complexity index is 347. The molecule has 1 rings (SSSR count). The van der Waals surface area contributed by atoms with Crippen LogP contribution in [0.3, 0.4) is 0 Å². The second-order valence-corrected chi connectivity index (χ2v) is 5.40.